The normalized spacial score (nSPS) is 28.5. The van der Waals surface area contributed by atoms with Crippen molar-refractivity contribution in [2.45, 2.75) is 19.3 Å². The zero-order valence-corrected chi connectivity index (χ0v) is 13.4. The van der Waals surface area contributed by atoms with Gasteiger partial charge in [0.2, 0.25) is 0 Å². The van der Waals surface area contributed by atoms with Crippen molar-refractivity contribution < 1.29 is 19.2 Å². The largest absolute Gasteiger partial charge is 0.269 e. The first-order valence-electron chi connectivity index (χ1n) is 8.25. The average molecular weight is 336 g/mol. The van der Waals surface area contributed by atoms with Crippen LogP contribution < -0.4 is 0 Å². The zero-order chi connectivity index (χ0) is 17.6. The molecule has 2 aliphatic carbocycles. The maximum atomic E-state index is 11.7. The Morgan fingerprint density at radius 3 is 1.40 bits per heavy atom. The number of rotatable bonds is 4. The highest BCUT2D eigenvalue weighted by Gasteiger charge is 2.37. The molecule has 0 aromatic rings. The van der Waals surface area contributed by atoms with Gasteiger partial charge in [-0.3, -0.25) is 29.0 Å². The van der Waals surface area contributed by atoms with Gasteiger partial charge < -0.3 is 0 Å². The highest BCUT2D eigenvalue weighted by atomic mass is 16.2. The van der Waals surface area contributed by atoms with E-state index in [1.807, 2.05) is 12.2 Å². The summed E-state index contributed by atoms with van der Waals surface area (Å²) >= 11 is 0. The molecule has 0 saturated heterocycles. The van der Waals surface area contributed by atoms with Crippen LogP contribution in [0.4, 0.5) is 0 Å². The van der Waals surface area contributed by atoms with Crippen molar-refractivity contribution in [1.82, 2.24) is 9.80 Å². The maximum Gasteiger partial charge on any atom is 0.257 e. The SMILES string of the molecule is O=C1C=CC(=O)N1C=CC1=C(C=CN2C(=O)C=CC2=O)C2CCC1C2. The summed E-state index contributed by atoms with van der Waals surface area (Å²) < 4.78 is 0. The van der Waals surface area contributed by atoms with Gasteiger partial charge in [0.1, 0.15) is 0 Å². The summed E-state index contributed by atoms with van der Waals surface area (Å²) in [5.74, 6) is -0.597. The van der Waals surface area contributed by atoms with Crippen molar-refractivity contribution in [1.29, 1.82) is 0 Å². The van der Waals surface area contributed by atoms with Crippen LogP contribution in [-0.4, -0.2) is 33.4 Å². The van der Waals surface area contributed by atoms with Crippen LogP contribution in [0.25, 0.3) is 0 Å². The maximum absolute atomic E-state index is 11.7. The molecule has 2 aliphatic heterocycles. The van der Waals surface area contributed by atoms with Crippen molar-refractivity contribution in [3.05, 3.63) is 60.0 Å². The molecule has 6 heteroatoms. The van der Waals surface area contributed by atoms with Gasteiger partial charge in [-0.1, -0.05) is 0 Å². The van der Waals surface area contributed by atoms with Gasteiger partial charge in [0.05, 0.1) is 0 Å². The van der Waals surface area contributed by atoms with Gasteiger partial charge in [-0.15, -0.1) is 0 Å². The molecule has 2 heterocycles. The topological polar surface area (TPSA) is 74.8 Å². The van der Waals surface area contributed by atoms with Crippen molar-refractivity contribution in [2.75, 3.05) is 0 Å². The van der Waals surface area contributed by atoms with Gasteiger partial charge in [0.15, 0.2) is 0 Å². The molecule has 4 rings (SSSR count). The van der Waals surface area contributed by atoms with E-state index in [0.29, 0.717) is 11.8 Å². The Labute approximate surface area is 144 Å². The van der Waals surface area contributed by atoms with Crippen LogP contribution in [-0.2, 0) is 19.2 Å². The monoisotopic (exact) mass is 336 g/mol. The molecule has 6 nitrogen and oxygen atoms in total. The van der Waals surface area contributed by atoms with Gasteiger partial charge in [-0.05, 0) is 54.4 Å². The number of nitrogens with zero attached hydrogens (tertiary/aromatic N) is 2. The molecule has 2 unspecified atom stereocenters. The van der Waals surface area contributed by atoms with Crippen LogP contribution >= 0.6 is 0 Å². The van der Waals surface area contributed by atoms with Crippen LogP contribution in [0.15, 0.2) is 60.0 Å². The van der Waals surface area contributed by atoms with E-state index >= 15 is 0 Å². The second-order valence-corrected chi connectivity index (χ2v) is 6.51. The fraction of sp³-hybridized carbons (Fsp3) is 0.263. The lowest BCUT2D eigenvalue weighted by molar-refractivity contribution is -0.135. The summed E-state index contributed by atoms with van der Waals surface area (Å²) in [6.07, 6.45) is 14.8. The molecule has 0 aromatic heterocycles. The van der Waals surface area contributed by atoms with E-state index in [1.54, 1.807) is 0 Å². The fourth-order valence-corrected chi connectivity index (χ4v) is 3.91. The standard InChI is InChI=1S/C19H16N2O4/c22-16-3-4-17(23)20(16)9-7-14-12-1-2-13(11-12)15(14)8-10-21-18(24)5-6-19(21)25/h3-10,12-13H,1-2,11H2. The Morgan fingerprint density at radius 1 is 0.680 bits per heavy atom. The smallest absolute Gasteiger partial charge is 0.257 e. The van der Waals surface area contributed by atoms with Crippen LogP contribution in [0.5, 0.6) is 0 Å². The van der Waals surface area contributed by atoms with Crippen molar-refractivity contribution in [3.63, 3.8) is 0 Å². The van der Waals surface area contributed by atoms with E-state index in [-0.39, 0.29) is 23.6 Å². The number of allylic oxidation sites excluding steroid dienone is 4. The average Bonchev–Trinajstić information content (AvgIpc) is 3.33. The lowest BCUT2D eigenvalue weighted by atomic mass is 9.91. The second-order valence-electron chi connectivity index (χ2n) is 6.51. The molecule has 0 spiro atoms. The Morgan fingerprint density at radius 2 is 1.04 bits per heavy atom. The van der Waals surface area contributed by atoms with Crippen molar-refractivity contribution in [2.24, 2.45) is 11.8 Å². The Bertz CT molecular complexity index is 739. The first-order valence-corrected chi connectivity index (χ1v) is 8.25. The number of hydrogen-bond acceptors (Lipinski definition) is 4. The highest BCUT2D eigenvalue weighted by molar-refractivity contribution is 6.14. The third kappa shape index (κ3) is 2.59. The first-order chi connectivity index (χ1) is 12.0. The summed E-state index contributed by atoms with van der Waals surface area (Å²) in [6, 6.07) is 0. The summed E-state index contributed by atoms with van der Waals surface area (Å²) in [5, 5.41) is 0. The summed E-state index contributed by atoms with van der Waals surface area (Å²) in [5.41, 5.74) is 2.15. The van der Waals surface area contributed by atoms with E-state index in [9.17, 15) is 19.2 Å². The van der Waals surface area contributed by atoms with Crippen LogP contribution in [0.2, 0.25) is 0 Å². The van der Waals surface area contributed by atoms with Gasteiger partial charge >= 0.3 is 0 Å². The van der Waals surface area contributed by atoms with Crippen molar-refractivity contribution in [3.8, 4) is 0 Å². The number of amides is 4. The molecular formula is C19H16N2O4. The predicted molar refractivity (Wildman–Crippen MR) is 88.1 cm³/mol. The van der Waals surface area contributed by atoms with Gasteiger partial charge in [-0.25, -0.2) is 0 Å². The van der Waals surface area contributed by atoms with E-state index in [1.165, 1.54) is 36.7 Å². The van der Waals surface area contributed by atoms with Gasteiger partial charge in [0, 0.05) is 36.7 Å². The minimum atomic E-state index is -0.346. The molecule has 25 heavy (non-hydrogen) atoms. The summed E-state index contributed by atoms with van der Waals surface area (Å²) in [7, 11) is 0. The number of fused-ring (bicyclic) bond motifs is 2. The Hall–Kier alpha value is -3.02. The quantitative estimate of drug-likeness (QED) is 0.731. The van der Waals surface area contributed by atoms with E-state index < -0.39 is 0 Å². The van der Waals surface area contributed by atoms with Crippen molar-refractivity contribution >= 4 is 23.6 Å². The van der Waals surface area contributed by atoms with E-state index in [0.717, 1.165) is 40.2 Å². The third-order valence-electron chi connectivity index (χ3n) is 5.14. The summed E-state index contributed by atoms with van der Waals surface area (Å²) in [6.45, 7) is 0. The lowest BCUT2D eigenvalue weighted by Crippen LogP contribution is -2.24. The molecule has 0 radical (unpaired) electrons. The molecule has 1 fully saturated rings. The number of hydrogen-bond donors (Lipinski definition) is 0. The van der Waals surface area contributed by atoms with E-state index in [2.05, 4.69) is 0 Å². The minimum absolute atomic E-state index is 0.346. The van der Waals surface area contributed by atoms with Crippen LogP contribution in [0.1, 0.15) is 19.3 Å². The number of carbonyl (C=O) groups excluding carboxylic acids is 4. The molecule has 4 aliphatic rings. The van der Waals surface area contributed by atoms with Crippen LogP contribution in [0, 0.1) is 11.8 Å². The zero-order valence-electron chi connectivity index (χ0n) is 13.4. The third-order valence-corrected chi connectivity index (χ3v) is 5.14. The molecular weight excluding hydrogens is 320 g/mol. The lowest BCUT2D eigenvalue weighted by Gasteiger charge is -2.17. The fourth-order valence-electron chi connectivity index (χ4n) is 3.91. The minimum Gasteiger partial charge on any atom is -0.269 e. The molecule has 126 valence electrons. The Balaban J connectivity index is 1.59. The molecule has 2 atom stereocenters. The highest BCUT2D eigenvalue weighted by Crippen LogP contribution is 2.49. The van der Waals surface area contributed by atoms with E-state index in [4.69, 9.17) is 0 Å². The summed E-state index contributed by atoms with van der Waals surface area (Å²) in [4.78, 5) is 48.8. The predicted octanol–water partition coefficient (Wildman–Crippen LogP) is 1.59. The number of carbonyl (C=O) groups is 4. The molecule has 4 amide bonds. The second kappa shape index (κ2) is 5.81. The van der Waals surface area contributed by atoms with Gasteiger partial charge in [0.25, 0.3) is 23.6 Å². The van der Waals surface area contributed by atoms with Crippen LogP contribution in [0.3, 0.4) is 0 Å². The van der Waals surface area contributed by atoms with Gasteiger partial charge in [-0.2, -0.15) is 0 Å². The molecule has 0 aromatic carbocycles. The first kappa shape index (κ1) is 15.5. The Kier molecular flexibility index (Phi) is 3.60. The molecule has 2 bridgehead atoms. The number of imide groups is 2. The molecule has 0 N–H and O–H groups in total. The molecule has 1 saturated carbocycles.